The van der Waals surface area contributed by atoms with E-state index < -0.39 is 6.09 Å². The maximum atomic E-state index is 12.3. The number of carbonyl (C=O) groups is 1. The van der Waals surface area contributed by atoms with E-state index in [9.17, 15) is 9.59 Å². The van der Waals surface area contributed by atoms with E-state index in [1.54, 1.807) is 11.9 Å². The van der Waals surface area contributed by atoms with Crippen molar-refractivity contribution in [3.63, 3.8) is 0 Å². The number of benzene rings is 1. The molecule has 0 radical (unpaired) electrons. The van der Waals surface area contributed by atoms with Gasteiger partial charge in [0, 0.05) is 13.6 Å². The molecule has 2 rings (SSSR count). The van der Waals surface area contributed by atoms with Crippen molar-refractivity contribution >= 4 is 12.0 Å². The van der Waals surface area contributed by atoms with Crippen molar-refractivity contribution in [2.75, 3.05) is 20.1 Å². The maximum absolute atomic E-state index is 12.3. The Morgan fingerprint density at radius 1 is 1.43 bits per heavy atom. The van der Waals surface area contributed by atoms with Gasteiger partial charge in [0.1, 0.15) is 6.61 Å². The number of nitrogens with zero attached hydrogens (tertiary/aromatic N) is 2. The minimum atomic E-state index is -0.542. The van der Waals surface area contributed by atoms with E-state index in [1.165, 1.54) is 4.90 Å². The van der Waals surface area contributed by atoms with Gasteiger partial charge in [-0.1, -0.05) is 30.3 Å². The lowest BCUT2D eigenvalue weighted by atomic mass is 10.2. The molecule has 21 heavy (non-hydrogen) atoms. The van der Waals surface area contributed by atoms with Crippen LogP contribution in [0, 0.1) is 0 Å². The van der Waals surface area contributed by atoms with Crippen LogP contribution in [0.25, 0.3) is 0 Å². The normalized spacial score (nSPS) is 17.8. The lowest BCUT2D eigenvalue weighted by molar-refractivity contribution is 0.100. The topological polar surface area (TPSA) is 75.9 Å². The molecule has 1 fully saturated rings. The Balaban J connectivity index is 2.06. The maximum Gasteiger partial charge on any atom is 0.416 e. The van der Waals surface area contributed by atoms with Crippen molar-refractivity contribution in [2.45, 2.75) is 19.1 Å². The first-order valence-corrected chi connectivity index (χ1v) is 6.83. The molecule has 0 aromatic heterocycles. The van der Waals surface area contributed by atoms with Crippen LogP contribution in [0.5, 0.6) is 0 Å². The summed E-state index contributed by atoms with van der Waals surface area (Å²) in [6.45, 7) is 1.16. The van der Waals surface area contributed by atoms with Gasteiger partial charge in [0.05, 0.1) is 6.04 Å². The van der Waals surface area contributed by atoms with Crippen LogP contribution in [0.4, 0.5) is 4.79 Å². The smallest absolute Gasteiger partial charge is 0.416 e. The van der Waals surface area contributed by atoms with Gasteiger partial charge in [0.25, 0.3) is 0 Å². The number of ether oxygens (including phenoxy) is 1. The first kappa shape index (κ1) is 15.1. The third kappa shape index (κ3) is 3.42. The molecule has 6 heteroatoms. The lowest BCUT2D eigenvalue weighted by Crippen LogP contribution is -2.37. The molecule has 1 unspecified atom stereocenters. The van der Waals surface area contributed by atoms with E-state index in [0.29, 0.717) is 19.5 Å². The van der Waals surface area contributed by atoms with E-state index >= 15 is 0 Å². The molecular weight excluding hydrogens is 270 g/mol. The molecule has 1 aromatic carbocycles. The van der Waals surface area contributed by atoms with E-state index in [0.717, 1.165) is 5.56 Å². The summed E-state index contributed by atoms with van der Waals surface area (Å²) in [4.78, 5) is 26.4. The third-order valence-electron chi connectivity index (χ3n) is 3.43. The van der Waals surface area contributed by atoms with Crippen molar-refractivity contribution in [1.82, 2.24) is 9.80 Å². The van der Waals surface area contributed by atoms with Gasteiger partial charge in [-0.05, 0) is 18.5 Å². The predicted octanol–water partition coefficient (Wildman–Crippen LogP) is 0.961. The highest BCUT2D eigenvalue weighted by Gasteiger charge is 2.38. The van der Waals surface area contributed by atoms with E-state index in [1.807, 2.05) is 36.3 Å². The van der Waals surface area contributed by atoms with Crippen LogP contribution in [0.3, 0.4) is 0 Å². The Morgan fingerprint density at radius 3 is 2.76 bits per heavy atom. The zero-order valence-electron chi connectivity index (χ0n) is 12.0. The highest BCUT2D eigenvalue weighted by atomic mass is 16.6. The highest BCUT2D eigenvalue weighted by molar-refractivity contribution is 5.74. The number of amides is 1. The van der Waals surface area contributed by atoms with Crippen molar-refractivity contribution in [1.29, 1.82) is 0 Å². The minimum Gasteiger partial charge on any atom is -0.444 e. The zero-order valence-corrected chi connectivity index (χ0v) is 12.0. The fourth-order valence-corrected chi connectivity index (χ4v) is 2.41. The van der Waals surface area contributed by atoms with Crippen LogP contribution in [0.15, 0.2) is 36.2 Å². The first-order valence-electron chi connectivity index (χ1n) is 6.83. The molecular formula is C15H19N3O3. The Kier molecular flexibility index (Phi) is 4.98. The van der Waals surface area contributed by atoms with Gasteiger partial charge >= 0.3 is 6.09 Å². The summed E-state index contributed by atoms with van der Waals surface area (Å²) in [5.41, 5.74) is 6.46. The number of hydrogen-bond acceptors (Lipinski definition) is 5. The largest absolute Gasteiger partial charge is 0.444 e. The van der Waals surface area contributed by atoms with Gasteiger partial charge in [-0.25, -0.2) is 14.5 Å². The monoisotopic (exact) mass is 289 g/mol. The van der Waals surface area contributed by atoms with Crippen molar-refractivity contribution in [2.24, 2.45) is 5.73 Å². The first-order chi connectivity index (χ1) is 10.2. The lowest BCUT2D eigenvalue weighted by Gasteiger charge is -2.21. The molecule has 1 heterocycles. The second-order valence-corrected chi connectivity index (χ2v) is 4.95. The summed E-state index contributed by atoms with van der Waals surface area (Å²) in [5.74, 6) is 2.01. The SMILES string of the molecule is CN1CC(CCN)N(C(=O)OCc2ccccc2)C1=C=O. The van der Waals surface area contributed by atoms with Crippen molar-refractivity contribution in [3.05, 3.63) is 41.7 Å². The fourth-order valence-electron chi connectivity index (χ4n) is 2.41. The quantitative estimate of drug-likeness (QED) is 0.836. The van der Waals surface area contributed by atoms with Gasteiger partial charge < -0.3 is 15.4 Å². The summed E-state index contributed by atoms with van der Waals surface area (Å²) in [6, 6.07) is 9.24. The number of likely N-dealkylation sites (N-methyl/N-ethyl adjacent to an activating group) is 1. The molecule has 1 atom stereocenters. The number of hydrogen-bond donors (Lipinski definition) is 1. The van der Waals surface area contributed by atoms with Gasteiger partial charge in [-0.3, -0.25) is 0 Å². The Labute approximate surface area is 123 Å². The average molecular weight is 289 g/mol. The van der Waals surface area contributed by atoms with Crippen LogP contribution >= 0.6 is 0 Å². The van der Waals surface area contributed by atoms with Crippen molar-refractivity contribution < 1.29 is 14.3 Å². The van der Waals surface area contributed by atoms with E-state index in [-0.39, 0.29) is 18.5 Å². The molecule has 0 aliphatic carbocycles. The van der Waals surface area contributed by atoms with Crippen LogP contribution in [0.2, 0.25) is 0 Å². The molecule has 6 nitrogen and oxygen atoms in total. The Bertz CT molecular complexity index is 540. The fraction of sp³-hybridized carbons (Fsp3) is 0.400. The predicted molar refractivity (Wildman–Crippen MR) is 77.8 cm³/mol. The Morgan fingerprint density at radius 2 is 2.14 bits per heavy atom. The van der Waals surface area contributed by atoms with E-state index in [2.05, 4.69) is 0 Å². The molecule has 1 saturated heterocycles. The van der Waals surface area contributed by atoms with Gasteiger partial charge in [0.15, 0.2) is 5.94 Å². The molecule has 1 aliphatic heterocycles. The van der Waals surface area contributed by atoms with Gasteiger partial charge in [0.2, 0.25) is 5.82 Å². The molecule has 2 N–H and O–H groups in total. The van der Waals surface area contributed by atoms with Crippen LogP contribution in [-0.4, -0.2) is 48.0 Å². The second-order valence-electron chi connectivity index (χ2n) is 4.95. The number of carbonyl (C=O) groups excluding carboxylic acids is 2. The third-order valence-corrected chi connectivity index (χ3v) is 3.43. The van der Waals surface area contributed by atoms with Gasteiger partial charge in [-0.2, -0.15) is 0 Å². The van der Waals surface area contributed by atoms with Crippen LogP contribution in [-0.2, 0) is 16.1 Å². The molecule has 1 aromatic rings. The molecule has 0 saturated carbocycles. The summed E-state index contributed by atoms with van der Waals surface area (Å²) in [6.07, 6.45) is 0.0654. The molecule has 1 aliphatic rings. The van der Waals surface area contributed by atoms with E-state index in [4.69, 9.17) is 10.5 Å². The molecule has 0 bridgehead atoms. The molecule has 1 amide bonds. The second kappa shape index (κ2) is 6.92. The summed E-state index contributed by atoms with van der Waals surface area (Å²) >= 11 is 0. The minimum absolute atomic E-state index is 0.153. The van der Waals surface area contributed by atoms with Gasteiger partial charge in [-0.15, -0.1) is 0 Å². The average Bonchev–Trinajstić information content (AvgIpc) is 2.82. The standard InChI is InChI=1S/C15H19N3O3/c1-17-9-13(7-8-16)18(14(17)10-19)15(20)21-11-12-5-3-2-4-6-12/h2-6,13H,7-9,11,16H2,1H3. The highest BCUT2D eigenvalue weighted by Crippen LogP contribution is 2.23. The number of rotatable bonds is 4. The Hall–Kier alpha value is -2.30. The van der Waals surface area contributed by atoms with Crippen LogP contribution < -0.4 is 5.73 Å². The zero-order chi connectivity index (χ0) is 15.2. The van der Waals surface area contributed by atoms with Crippen LogP contribution in [0.1, 0.15) is 12.0 Å². The molecule has 112 valence electrons. The summed E-state index contributed by atoms with van der Waals surface area (Å²) in [5, 5.41) is 0. The van der Waals surface area contributed by atoms with Crippen molar-refractivity contribution in [3.8, 4) is 0 Å². The summed E-state index contributed by atoms with van der Waals surface area (Å²) < 4.78 is 5.29. The number of nitrogens with two attached hydrogens (primary N) is 1. The molecule has 0 spiro atoms. The summed E-state index contributed by atoms with van der Waals surface area (Å²) in [7, 11) is 1.74.